The number of carbonyl (C=O) groups excluding carboxylic acids is 1. The molecular formula is C24H24BrFN4O5S. The molecule has 2 fully saturated rings. The van der Waals surface area contributed by atoms with Gasteiger partial charge in [-0.15, -0.1) is 11.3 Å². The van der Waals surface area contributed by atoms with Crippen molar-refractivity contribution in [2.45, 2.75) is 31.0 Å². The average Bonchev–Trinajstić information content (AvgIpc) is 3.43. The highest BCUT2D eigenvalue weighted by Crippen LogP contribution is 2.40. The van der Waals surface area contributed by atoms with Crippen molar-refractivity contribution in [3.63, 3.8) is 0 Å². The van der Waals surface area contributed by atoms with Crippen LogP contribution < -0.4 is 5.32 Å². The molecule has 5 rings (SSSR count). The van der Waals surface area contributed by atoms with E-state index in [9.17, 15) is 19.1 Å². The van der Waals surface area contributed by atoms with E-state index in [0.29, 0.717) is 58.3 Å². The number of carbonyl (C=O) groups is 2. The van der Waals surface area contributed by atoms with E-state index in [4.69, 9.17) is 14.5 Å². The van der Waals surface area contributed by atoms with Gasteiger partial charge in [-0.3, -0.25) is 14.7 Å². The Morgan fingerprint density at radius 3 is 2.92 bits per heavy atom. The molecule has 1 aromatic heterocycles. The van der Waals surface area contributed by atoms with Crippen molar-refractivity contribution in [1.82, 2.24) is 15.2 Å². The van der Waals surface area contributed by atoms with Crippen LogP contribution in [0.5, 0.6) is 0 Å². The first kappa shape index (κ1) is 25.0. The predicted molar refractivity (Wildman–Crippen MR) is 133 cm³/mol. The fraction of sp³-hybridized carbons (Fsp3) is 0.417. The Morgan fingerprint density at radius 2 is 2.22 bits per heavy atom. The Balaban J connectivity index is 1.58. The van der Waals surface area contributed by atoms with Crippen LogP contribution >= 0.6 is 27.3 Å². The van der Waals surface area contributed by atoms with E-state index in [2.05, 4.69) is 31.1 Å². The summed E-state index contributed by atoms with van der Waals surface area (Å²) in [7, 11) is 1.31. The number of aliphatic imine (C=N–C) groups is 1. The highest BCUT2D eigenvalue weighted by molar-refractivity contribution is 9.10. The van der Waals surface area contributed by atoms with Gasteiger partial charge in [0.05, 0.1) is 25.9 Å². The topological polar surface area (TPSA) is 113 Å². The summed E-state index contributed by atoms with van der Waals surface area (Å²) < 4.78 is 25.3. The summed E-state index contributed by atoms with van der Waals surface area (Å²) in [5.74, 6) is -1.35. The number of aliphatic carboxylic acids is 1. The van der Waals surface area contributed by atoms with Gasteiger partial charge in [-0.2, -0.15) is 0 Å². The number of fused-ring (bicyclic) bond motifs is 2. The van der Waals surface area contributed by atoms with Crippen LogP contribution in [0.2, 0.25) is 0 Å². The molecule has 4 unspecified atom stereocenters. The summed E-state index contributed by atoms with van der Waals surface area (Å²) in [4.78, 5) is 36.0. The second kappa shape index (κ2) is 10.4. The minimum atomic E-state index is -0.836. The number of rotatable bonds is 7. The average molecular weight is 579 g/mol. The Hall–Kier alpha value is -2.67. The molecule has 190 valence electrons. The number of morpholine rings is 1. The number of amidine groups is 1. The summed E-state index contributed by atoms with van der Waals surface area (Å²) in [6, 6.07) is 3.43. The third-order valence-corrected chi connectivity index (χ3v) is 8.28. The van der Waals surface area contributed by atoms with Crippen molar-refractivity contribution in [3.05, 3.63) is 61.9 Å². The molecule has 36 heavy (non-hydrogen) atoms. The van der Waals surface area contributed by atoms with Crippen molar-refractivity contribution in [1.29, 1.82) is 0 Å². The van der Waals surface area contributed by atoms with Crippen LogP contribution in [0.4, 0.5) is 4.39 Å². The SMILES string of the molecule is COC(=O)C1=C(CN2C3COCC2C(CC(=O)O)C3)NC(c2nccs2)=NC1c1ccc(F)cc1Br. The molecule has 1 aromatic carbocycles. The van der Waals surface area contributed by atoms with Crippen LogP contribution in [0.1, 0.15) is 29.5 Å². The van der Waals surface area contributed by atoms with Gasteiger partial charge in [0.2, 0.25) is 0 Å². The minimum absolute atomic E-state index is 0.0273. The quantitative estimate of drug-likeness (QED) is 0.482. The number of carboxylic acid groups (broad SMARTS) is 1. The maximum atomic E-state index is 13.9. The third kappa shape index (κ3) is 4.82. The molecule has 0 spiro atoms. The predicted octanol–water partition coefficient (Wildman–Crippen LogP) is 3.13. The zero-order valence-corrected chi connectivity index (χ0v) is 21.7. The Labute approximate surface area is 219 Å². The number of nitrogens with zero attached hydrogens (tertiary/aromatic N) is 3. The second-order valence-corrected chi connectivity index (χ2v) is 10.7. The molecule has 2 saturated heterocycles. The van der Waals surface area contributed by atoms with Gasteiger partial charge in [0.15, 0.2) is 10.8 Å². The number of aromatic nitrogens is 1. The molecule has 0 radical (unpaired) electrons. The van der Waals surface area contributed by atoms with Crippen LogP contribution in [0.15, 0.2) is 50.5 Å². The van der Waals surface area contributed by atoms with Crippen molar-refractivity contribution in [2.75, 3.05) is 26.9 Å². The first-order chi connectivity index (χ1) is 17.4. The Kier molecular flexibility index (Phi) is 7.20. The molecule has 0 amide bonds. The zero-order valence-electron chi connectivity index (χ0n) is 19.3. The Morgan fingerprint density at radius 1 is 1.39 bits per heavy atom. The van der Waals surface area contributed by atoms with E-state index < -0.39 is 23.8 Å². The Bertz CT molecular complexity index is 1240. The molecule has 2 bridgehead atoms. The highest BCUT2D eigenvalue weighted by Gasteiger charge is 2.46. The molecule has 2 N–H and O–H groups in total. The van der Waals surface area contributed by atoms with E-state index in [1.165, 1.54) is 30.6 Å². The van der Waals surface area contributed by atoms with E-state index >= 15 is 0 Å². The van der Waals surface area contributed by atoms with Crippen LogP contribution in [-0.4, -0.2) is 71.7 Å². The largest absolute Gasteiger partial charge is 0.481 e. The van der Waals surface area contributed by atoms with Crippen LogP contribution in [0.25, 0.3) is 0 Å². The lowest BCUT2D eigenvalue weighted by atomic mass is 9.94. The van der Waals surface area contributed by atoms with Crippen molar-refractivity contribution < 1.29 is 28.6 Å². The summed E-state index contributed by atoms with van der Waals surface area (Å²) in [6.45, 7) is 1.27. The number of esters is 1. The third-order valence-electron chi connectivity index (χ3n) is 6.81. The van der Waals surface area contributed by atoms with Gasteiger partial charge in [0.25, 0.3) is 0 Å². The molecule has 3 aliphatic rings. The number of ether oxygens (including phenoxy) is 2. The van der Waals surface area contributed by atoms with E-state index in [-0.39, 0.29) is 24.4 Å². The summed E-state index contributed by atoms with van der Waals surface area (Å²) in [6.07, 6.45) is 2.44. The first-order valence-electron chi connectivity index (χ1n) is 11.4. The lowest BCUT2D eigenvalue weighted by Crippen LogP contribution is -2.50. The number of hydrogen-bond donors (Lipinski definition) is 2. The zero-order chi connectivity index (χ0) is 25.4. The fourth-order valence-electron chi connectivity index (χ4n) is 5.24. The van der Waals surface area contributed by atoms with Gasteiger partial charge in [-0.05, 0) is 30.0 Å². The summed E-state index contributed by atoms with van der Waals surface area (Å²) >= 11 is 4.83. The van der Waals surface area contributed by atoms with Crippen molar-refractivity contribution in [3.8, 4) is 0 Å². The second-order valence-electron chi connectivity index (χ2n) is 8.92. The summed E-state index contributed by atoms with van der Waals surface area (Å²) in [5.41, 5.74) is 1.51. The molecular weight excluding hydrogens is 555 g/mol. The monoisotopic (exact) mass is 578 g/mol. The molecule has 4 atom stereocenters. The van der Waals surface area contributed by atoms with Gasteiger partial charge in [-0.25, -0.2) is 14.2 Å². The molecule has 12 heteroatoms. The minimum Gasteiger partial charge on any atom is -0.481 e. The normalized spacial score (nSPS) is 25.9. The number of halogens is 2. The molecule has 0 aliphatic carbocycles. The molecule has 4 heterocycles. The number of carboxylic acids is 1. The number of methoxy groups -OCH3 is 1. The van der Waals surface area contributed by atoms with Crippen molar-refractivity contribution in [2.24, 2.45) is 10.9 Å². The lowest BCUT2D eigenvalue weighted by molar-refractivity contribution is -0.138. The van der Waals surface area contributed by atoms with E-state index in [0.717, 1.165) is 0 Å². The maximum absolute atomic E-state index is 13.9. The van der Waals surface area contributed by atoms with E-state index in [1.807, 2.05) is 5.38 Å². The summed E-state index contributed by atoms with van der Waals surface area (Å²) in [5, 5.41) is 15.2. The smallest absolute Gasteiger partial charge is 0.338 e. The molecule has 0 saturated carbocycles. The van der Waals surface area contributed by atoms with Crippen LogP contribution in [0.3, 0.4) is 0 Å². The van der Waals surface area contributed by atoms with Crippen molar-refractivity contribution >= 4 is 45.0 Å². The van der Waals surface area contributed by atoms with Gasteiger partial charge in [-0.1, -0.05) is 22.0 Å². The molecule has 3 aliphatic heterocycles. The van der Waals surface area contributed by atoms with E-state index in [1.54, 1.807) is 12.3 Å². The van der Waals surface area contributed by atoms with Crippen LogP contribution in [-0.2, 0) is 19.1 Å². The molecule has 9 nitrogen and oxygen atoms in total. The van der Waals surface area contributed by atoms with Gasteiger partial charge in [0.1, 0.15) is 11.9 Å². The standard InChI is InChI=1S/C24H24BrFN4O5S/c1-34-24(33)20-17(9-30-14-6-12(7-19(31)32)18(30)11-35-10-14)28-22(23-27-4-5-36-23)29-21(20)15-3-2-13(26)8-16(15)25/h2-5,8,12,14,18,21H,6-7,9-11H2,1H3,(H,28,29)(H,31,32). The highest BCUT2D eigenvalue weighted by atomic mass is 79.9. The maximum Gasteiger partial charge on any atom is 0.338 e. The number of thiazole rings is 1. The fourth-order valence-corrected chi connectivity index (χ4v) is 6.40. The van der Waals surface area contributed by atoms with Gasteiger partial charge >= 0.3 is 11.9 Å². The van der Waals surface area contributed by atoms with Crippen LogP contribution in [0, 0.1) is 11.7 Å². The molecule has 2 aromatic rings. The number of nitrogens with one attached hydrogen (secondary N) is 1. The number of benzene rings is 1. The first-order valence-corrected chi connectivity index (χ1v) is 13.1. The number of hydrogen-bond acceptors (Lipinski definition) is 9. The van der Waals surface area contributed by atoms with Gasteiger partial charge < -0.3 is 19.9 Å². The van der Waals surface area contributed by atoms with Gasteiger partial charge in [0, 0.05) is 46.8 Å². The lowest BCUT2D eigenvalue weighted by Gasteiger charge is -2.38.